The smallest absolute Gasteiger partial charge is 0.323 e. The molecule has 0 aromatic heterocycles. The van der Waals surface area contributed by atoms with Crippen molar-refractivity contribution < 1.29 is 24.1 Å². The van der Waals surface area contributed by atoms with Crippen LogP contribution in [-0.4, -0.2) is 41.8 Å². The van der Waals surface area contributed by atoms with Crippen LogP contribution in [0.1, 0.15) is 68.1 Å². The predicted molar refractivity (Wildman–Crippen MR) is 185 cm³/mol. The van der Waals surface area contributed by atoms with Crippen LogP contribution in [0.25, 0.3) is 0 Å². The van der Waals surface area contributed by atoms with Crippen molar-refractivity contribution in [3.63, 3.8) is 0 Å². The zero-order valence-electron chi connectivity index (χ0n) is 27.0. The number of hydrogen-bond acceptors (Lipinski definition) is 6. The normalized spacial score (nSPS) is 22.1. The van der Waals surface area contributed by atoms with Gasteiger partial charge in [0, 0.05) is 29.4 Å². The minimum absolute atomic E-state index is 0.00598. The van der Waals surface area contributed by atoms with Crippen molar-refractivity contribution in [1.82, 2.24) is 4.90 Å². The Labute approximate surface area is 277 Å². The molecule has 8 heteroatoms. The predicted octanol–water partition coefficient (Wildman–Crippen LogP) is 8.67. The molecule has 3 N–H and O–H groups in total. The largest absolute Gasteiger partial charge is 0.457 e. The second kappa shape index (κ2) is 16.1. The number of ether oxygens (including phenoxy) is 3. The third-order valence-corrected chi connectivity index (χ3v) is 9.02. The van der Waals surface area contributed by atoms with Crippen LogP contribution in [0.3, 0.4) is 0 Å². The molecule has 4 atom stereocenters. The Bertz CT molecular complexity index is 1560. The molecular weight excluding hydrogens is 590 g/mol. The van der Waals surface area contributed by atoms with Gasteiger partial charge in [-0.25, -0.2) is 4.79 Å². The molecule has 2 saturated heterocycles. The first-order valence-electron chi connectivity index (χ1n) is 16.8. The van der Waals surface area contributed by atoms with E-state index in [1.165, 1.54) is 32.1 Å². The Morgan fingerprint density at radius 1 is 0.766 bits per heavy atom. The molecular formula is C39H45N3O5. The van der Waals surface area contributed by atoms with Gasteiger partial charge in [-0.2, -0.15) is 0 Å². The van der Waals surface area contributed by atoms with E-state index in [9.17, 15) is 9.90 Å². The van der Waals surface area contributed by atoms with E-state index >= 15 is 0 Å². The molecule has 0 radical (unpaired) electrons. The number of benzene rings is 4. The third kappa shape index (κ3) is 8.99. The van der Waals surface area contributed by atoms with Crippen LogP contribution in [0.15, 0.2) is 103 Å². The Balaban J connectivity index is 1.14. The van der Waals surface area contributed by atoms with Crippen LogP contribution in [0.4, 0.5) is 16.2 Å². The molecule has 0 bridgehead atoms. The molecule has 0 saturated carbocycles. The van der Waals surface area contributed by atoms with E-state index in [4.69, 9.17) is 14.2 Å². The number of para-hydroxylation sites is 1. The monoisotopic (exact) mass is 635 g/mol. The van der Waals surface area contributed by atoms with Gasteiger partial charge in [0.25, 0.3) is 0 Å². The summed E-state index contributed by atoms with van der Waals surface area (Å²) in [6, 6.07) is 32.1. The summed E-state index contributed by atoms with van der Waals surface area (Å²) < 4.78 is 19.2. The summed E-state index contributed by atoms with van der Waals surface area (Å²) >= 11 is 0. The van der Waals surface area contributed by atoms with Gasteiger partial charge in [-0.1, -0.05) is 80.8 Å². The van der Waals surface area contributed by atoms with Crippen LogP contribution in [-0.2, 0) is 16.1 Å². The molecule has 47 heavy (non-hydrogen) atoms. The van der Waals surface area contributed by atoms with Crippen molar-refractivity contribution >= 4 is 17.4 Å². The van der Waals surface area contributed by atoms with Crippen molar-refractivity contribution in [2.24, 2.45) is 5.92 Å². The Hall–Kier alpha value is -4.21. The molecule has 2 amide bonds. The molecule has 0 spiro atoms. The third-order valence-electron chi connectivity index (χ3n) is 9.02. The van der Waals surface area contributed by atoms with E-state index in [1.807, 2.05) is 91.0 Å². The average molecular weight is 636 g/mol. The SMILES string of the molecule is C[C@H]1[C@@H](CN2CCCCCCC2)O[C@@H](c2cccc(NC(=O)Nc3ccc(Oc4ccccc4)cc3)c2)O[C@H]1c1ccc(CO)cc1. The minimum atomic E-state index is -0.601. The molecule has 6 rings (SSSR count). The number of aliphatic hydroxyl groups excluding tert-OH is 1. The quantitative estimate of drug-likeness (QED) is 0.170. The van der Waals surface area contributed by atoms with Crippen molar-refractivity contribution in [2.75, 3.05) is 30.3 Å². The standard InChI is InChI=1S/C39H45N3O5/c1-28-36(26-42-23-8-3-2-4-9-24-42)46-38(47-37(28)30-17-15-29(27-43)16-18-30)31-11-10-12-33(25-31)41-39(44)40-32-19-21-35(22-20-32)45-34-13-6-5-7-14-34/h5-7,10-22,25,28,36-38,43H,2-4,8-9,23-24,26-27H2,1H3,(H2,40,41,44)/t28-,36+,37+,38+/m0/s1. The lowest BCUT2D eigenvalue weighted by molar-refractivity contribution is -0.276. The number of hydrogen-bond donors (Lipinski definition) is 3. The molecule has 2 aliphatic rings. The highest BCUT2D eigenvalue weighted by molar-refractivity contribution is 5.99. The summed E-state index contributed by atoms with van der Waals surface area (Å²) in [6.45, 7) is 5.24. The maximum atomic E-state index is 13.0. The molecule has 2 heterocycles. The van der Waals surface area contributed by atoms with Gasteiger partial charge in [0.1, 0.15) is 11.5 Å². The van der Waals surface area contributed by atoms with E-state index in [0.29, 0.717) is 17.1 Å². The van der Waals surface area contributed by atoms with Gasteiger partial charge in [-0.15, -0.1) is 0 Å². The van der Waals surface area contributed by atoms with Crippen molar-refractivity contribution in [1.29, 1.82) is 0 Å². The number of anilines is 2. The van der Waals surface area contributed by atoms with Gasteiger partial charge in [0.05, 0.1) is 18.8 Å². The highest BCUT2D eigenvalue weighted by atomic mass is 16.7. The molecule has 4 aromatic carbocycles. The Kier molecular flexibility index (Phi) is 11.2. The molecule has 2 fully saturated rings. The van der Waals surface area contributed by atoms with Gasteiger partial charge in [0.15, 0.2) is 6.29 Å². The number of nitrogens with zero attached hydrogens (tertiary/aromatic N) is 1. The van der Waals surface area contributed by atoms with Gasteiger partial charge < -0.3 is 34.9 Å². The summed E-state index contributed by atoms with van der Waals surface area (Å²) in [5.74, 6) is 1.55. The average Bonchev–Trinajstić information content (AvgIpc) is 3.08. The van der Waals surface area contributed by atoms with E-state index in [2.05, 4.69) is 22.5 Å². The van der Waals surface area contributed by atoms with Crippen LogP contribution < -0.4 is 15.4 Å². The van der Waals surface area contributed by atoms with Gasteiger partial charge in [-0.3, -0.25) is 0 Å². The summed E-state index contributed by atoms with van der Waals surface area (Å²) in [5, 5.41) is 15.4. The van der Waals surface area contributed by atoms with Gasteiger partial charge in [-0.05, 0) is 85.6 Å². The summed E-state index contributed by atoms with van der Waals surface area (Å²) in [7, 11) is 0. The van der Waals surface area contributed by atoms with E-state index in [1.54, 1.807) is 12.1 Å². The Morgan fingerprint density at radius 3 is 2.17 bits per heavy atom. The topological polar surface area (TPSA) is 92.3 Å². The van der Waals surface area contributed by atoms with Crippen molar-refractivity contribution in [2.45, 2.75) is 64.1 Å². The first-order valence-corrected chi connectivity index (χ1v) is 16.8. The molecule has 8 nitrogen and oxygen atoms in total. The highest BCUT2D eigenvalue weighted by Crippen LogP contribution is 2.42. The number of carbonyl (C=O) groups is 1. The number of likely N-dealkylation sites (tertiary alicyclic amines) is 1. The number of aliphatic hydroxyl groups is 1. The molecule has 4 aromatic rings. The zero-order valence-corrected chi connectivity index (χ0v) is 27.0. The molecule has 0 aliphatic carbocycles. The van der Waals surface area contributed by atoms with E-state index < -0.39 is 6.29 Å². The second-order valence-electron chi connectivity index (χ2n) is 12.5. The van der Waals surface area contributed by atoms with Crippen molar-refractivity contribution in [3.05, 3.63) is 120 Å². The van der Waals surface area contributed by atoms with Crippen LogP contribution in [0.2, 0.25) is 0 Å². The fourth-order valence-electron chi connectivity index (χ4n) is 6.37. The van der Waals surface area contributed by atoms with Crippen molar-refractivity contribution in [3.8, 4) is 11.5 Å². The van der Waals surface area contributed by atoms with E-state index in [-0.39, 0.29) is 30.8 Å². The van der Waals surface area contributed by atoms with Crippen LogP contribution in [0, 0.1) is 5.92 Å². The molecule has 2 aliphatic heterocycles. The number of urea groups is 1. The van der Waals surface area contributed by atoms with E-state index in [0.717, 1.165) is 42.1 Å². The fourth-order valence-corrected chi connectivity index (χ4v) is 6.37. The Morgan fingerprint density at radius 2 is 1.45 bits per heavy atom. The molecule has 246 valence electrons. The van der Waals surface area contributed by atoms with Crippen LogP contribution in [0.5, 0.6) is 11.5 Å². The first-order chi connectivity index (χ1) is 23.0. The fraction of sp³-hybridized carbons (Fsp3) is 0.359. The highest BCUT2D eigenvalue weighted by Gasteiger charge is 2.39. The number of carbonyl (C=O) groups excluding carboxylic acids is 1. The minimum Gasteiger partial charge on any atom is -0.457 e. The summed E-state index contributed by atoms with van der Waals surface area (Å²) in [4.78, 5) is 15.5. The zero-order chi connectivity index (χ0) is 32.4. The summed E-state index contributed by atoms with van der Waals surface area (Å²) in [5.41, 5.74) is 4.06. The number of nitrogens with one attached hydrogen (secondary N) is 2. The lowest BCUT2D eigenvalue weighted by atomic mass is 9.89. The first kappa shape index (κ1) is 32.7. The second-order valence-corrected chi connectivity index (χ2v) is 12.5. The van der Waals surface area contributed by atoms with Crippen LogP contribution >= 0.6 is 0 Å². The maximum Gasteiger partial charge on any atom is 0.323 e. The molecule has 0 unspecified atom stereocenters. The lowest BCUT2D eigenvalue weighted by Gasteiger charge is -2.43. The van der Waals surface area contributed by atoms with Gasteiger partial charge in [0.2, 0.25) is 0 Å². The lowest BCUT2D eigenvalue weighted by Crippen LogP contribution is -2.45. The number of rotatable bonds is 9. The van der Waals surface area contributed by atoms with Gasteiger partial charge >= 0.3 is 6.03 Å². The summed E-state index contributed by atoms with van der Waals surface area (Å²) in [6.07, 6.45) is 5.50. The maximum absolute atomic E-state index is 13.0. The number of amides is 2.